The largest absolute Gasteiger partial charge is 0.493 e. The Morgan fingerprint density at radius 2 is 1.61 bits per heavy atom. The Balaban J connectivity index is 0.000000187. The maximum atomic E-state index is 11.4. The van der Waals surface area contributed by atoms with Crippen molar-refractivity contribution in [2.45, 2.75) is 45.4 Å². The van der Waals surface area contributed by atoms with Crippen LogP contribution in [0.4, 0.5) is 0 Å². The lowest BCUT2D eigenvalue weighted by Crippen LogP contribution is -2.11. The van der Waals surface area contributed by atoms with Crippen molar-refractivity contribution < 1.29 is 28.5 Å². The molecule has 2 heterocycles. The van der Waals surface area contributed by atoms with Crippen molar-refractivity contribution in [3.8, 4) is 23.0 Å². The van der Waals surface area contributed by atoms with Crippen molar-refractivity contribution in [2.24, 2.45) is 4.99 Å². The molecule has 1 unspecified atom stereocenters. The quantitative estimate of drug-likeness (QED) is 0.160. The lowest BCUT2D eigenvalue weighted by Gasteiger charge is -2.23. The number of carbonyl (C=O) groups excluding carboxylic acids is 1. The molecule has 2 aliphatic rings. The van der Waals surface area contributed by atoms with Gasteiger partial charge in [0.1, 0.15) is 0 Å². The SMILES string of the molecule is COc1ccc(/C=C2\N=C(C)OC2=O)cc1OC.COc1ccc(CC2CCCc3c2[nH]c2c(Br)c(C)ccc32)cc1OC. The van der Waals surface area contributed by atoms with Crippen LogP contribution in [0.15, 0.2) is 63.7 Å². The first-order valence-electron chi connectivity index (χ1n) is 14.5. The van der Waals surface area contributed by atoms with E-state index in [9.17, 15) is 4.79 Å². The number of nitrogens with one attached hydrogen (secondary N) is 1. The summed E-state index contributed by atoms with van der Waals surface area (Å²) in [6, 6.07) is 16.1. The number of aromatic amines is 1. The summed E-state index contributed by atoms with van der Waals surface area (Å²) < 4.78 is 27.2. The van der Waals surface area contributed by atoms with Gasteiger partial charge in [-0.1, -0.05) is 24.3 Å². The van der Waals surface area contributed by atoms with E-state index >= 15 is 0 Å². The Kier molecular flexibility index (Phi) is 9.64. The zero-order valence-electron chi connectivity index (χ0n) is 25.9. The molecule has 1 aromatic heterocycles. The molecule has 1 atom stereocenters. The molecule has 230 valence electrons. The molecule has 0 amide bonds. The third-order valence-corrected chi connectivity index (χ3v) is 9.02. The Morgan fingerprint density at radius 3 is 2.27 bits per heavy atom. The molecule has 9 heteroatoms. The van der Waals surface area contributed by atoms with Gasteiger partial charge in [-0.25, -0.2) is 9.79 Å². The van der Waals surface area contributed by atoms with Gasteiger partial charge in [-0.2, -0.15) is 0 Å². The lowest BCUT2D eigenvalue weighted by atomic mass is 9.83. The Hall–Kier alpha value is -4.24. The van der Waals surface area contributed by atoms with Gasteiger partial charge in [0.05, 0.1) is 34.0 Å². The van der Waals surface area contributed by atoms with Crippen LogP contribution in [0.1, 0.15) is 53.6 Å². The lowest BCUT2D eigenvalue weighted by molar-refractivity contribution is -0.130. The van der Waals surface area contributed by atoms with Gasteiger partial charge in [-0.15, -0.1) is 0 Å². The summed E-state index contributed by atoms with van der Waals surface area (Å²) in [6.45, 7) is 3.78. The summed E-state index contributed by atoms with van der Waals surface area (Å²) in [5.41, 5.74) is 7.78. The van der Waals surface area contributed by atoms with Crippen LogP contribution < -0.4 is 18.9 Å². The molecule has 0 saturated carbocycles. The standard InChI is InChI=1S/C22H24BrNO2.C13H13NO4/c1-13-7-9-17-16-6-4-5-15(21(16)24-22(17)20(13)23)11-14-8-10-18(25-2)19(12-14)26-3;1-8-14-10(13(15)18-8)6-9-4-5-11(16-2)12(7-9)17-3/h7-10,12,15,24H,4-6,11H2,1-3H3;4-7H,1-3H3/b;10-6-. The number of benzene rings is 3. The zero-order valence-corrected chi connectivity index (χ0v) is 27.5. The van der Waals surface area contributed by atoms with Gasteiger partial charge in [-0.05, 0) is 101 Å². The molecule has 1 aliphatic heterocycles. The average Bonchev–Trinajstić information content (AvgIpc) is 3.58. The summed E-state index contributed by atoms with van der Waals surface area (Å²) in [5, 5.41) is 1.37. The van der Waals surface area contributed by atoms with E-state index in [0.29, 0.717) is 23.3 Å². The Labute approximate surface area is 266 Å². The van der Waals surface area contributed by atoms with Crippen LogP contribution in [-0.2, 0) is 22.4 Å². The molecule has 8 nitrogen and oxygen atoms in total. The van der Waals surface area contributed by atoms with Crippen molar-refractivity contribution in [1.82, 2.24) is 4.98 Å². The maximum absolute atomic E-state index is 11.4. The molecule has 0 spiro atoms. The van der Waals surface area contributed by atoms with E-state index in [2.05, 4.69) is 57.1 Å². The summed E-state index contributed by atoms with van der Waals surface area (Å²) in [4.78, 5) is 19.1. The first-order chi connectivity index (χ1) is 21.3. The Morgan fingerprint density at radius 1 is 0.932 bits per heavy atom. The van der Waals surface area contributed by atoms with E-state index < -0.39 is 5.97 Å². The fraction of sp³-hybridized carbons (Fsp3) is 0.314. The number of aryl methyl sites for hydroxylation is 2. The summed E-state index contributed by atoms with van der Waals surface area (Å²) in [6.07, 6.45) is 6.26. The second kappa shape index (κ2) is 13.6. The van der Waals surface area contributed by atoms with Gasteiger partial charge in [0.2, 0.25) is 0 Å². The van der Waals surface area contributed by atoms with Crippen LogP contribution in [-0.4, -0.2) is 45.3 Å². The van der Waals surface area contributed by atoms with Crippen molar-refractivity contribution in [3.05, 3.63) is 86.6 Å². The van der Waals surface area contributed by atoms with Gasteiger partial charge in [0.15, 0.2) is 34.6 Å². The highest BCUT2D eigenvalue weighted by molar-refractivity contribution is 9.10. The number of hydrogen-bond donors (Lipinski definition) is 1. The number of esters is 1. The number of methoxy groups -OCH3 is 4. The number of carbonyl (C=O) groups is 1. The number of aromatic nitrogens is 1. The molecule has 0 saturated heterocycles. The molecule has 0 bridgehead atoms. The van der Waals surface area contributed by atoms with Gasteiger partial charge in [-0.3, -0.25) is 0 Å². The summed E-state index contributed by atoms with van der Waals surface area (Å²) in [7, 11) is 6.49. The highest BCUT2D eigenvalue weighted by Crippen LogP contribution is 2.41. The summed E-state index contributed by atoms with van der Waals surface area (Å²) in [5.74, 6) is 3.24. The number of nitrogens with zero attached hydrogens (tertiary/aromatic N) is 1. The van der Waals surface area contributed by atoms with Gasteiger partial charge >= 0.3 is 5.97 Å². The van der Waals surface area contributed by atoms with Gasteiger partial charge in [0.25, 0.3) is 0 Å². The predicted molar refractivity (Wildman–Crippen MR) is 176 cm³/mol. The number of cyclic esters (lactones) is 1. The number of hydrogen-bond acceptors (Lipinski definition) is 7. The van der Waals surface area contributed by atoms with Crippen molar-refractivity contribution >= 4 is 44.8 Å². The van der Waals surface area contributed by atoms with Gasteiger partial charge < -0.3 is 28.7 Å². The van der Waals surface area contributed by atoms with E-state index in [1.54, 1.807) is 53.6 Å². The minimum atomic E-state index is -0.442. The predicted octanol–water partition coefficient (Wildman–Crippen LogP) is 7.94. The normalized spacial score (nSPS) is 16.5. The number of H-pyrrole nitrogens is 1. The second-order valence-corrected chi connectivity index (χ2v) is 11.6. The molecular weight excluding hydrogens is 624 g/mol. The number of fused-ring (bicyclic) bond motifs is 3. The fourth-order valence-electron chi connectivity index (χ4n) is 5.81. The van der Waals surface area contributed by atoms with Crippen LogP contribution in [0.5, 0.6) is 23.0 Å². The number of rotatable bonds is 7. The van der Waals surface area contributed by atoms with Crippen LogP contribution in [0.25, 0.3) is 17.0 Å². The maximum Gasteiger partial charge on any atom is 0.363 e. The molecule has 6 rings (SSSR count). The minimum absolute atomic E-state index is 0.278. The highest BCUT2D eigenvalue weighted by atomic mass is 79.9. The monoisotopic (exact) mass is 660 g/mol. The van der Waals surface area contributed by atoms with Crippen LogP contribution in [0.2, 0.25) is 0 Å². The van der Waals surface area contributed by atoms with E-state index in [1.165, 1.54) is 50.6 Å². The molecular formula is C35H37BrN2O6. The molecule has 1 aliphatic carbocycles. The van der Waals surface area contributed by atoms with Crippen molar-refractivity contribution in [3.63, 3.8) is 0 Å². The van der Waals surface area contributed by atoms with E-state index in [4.69, 9.17) is 23.7 Å². The van der Waals surface area contributed by atoms with Gasteiger partial charge in [0, 0.05) is 28.4 Å². The smallest absolute Gasteiger partial charge is 0.363 e. The third-order valence-electron chi connectivity index (χ3n) is 8.00. The minimum Gasteiger partial charge on any atom is -0.493 e. The molecule has 4 aromatic rings. The van der Waals surface area contributed by atoms with Crippen LogP contribution in [0, 0.1) is 6.92 Å². The Bertz CT molecular complexity index is 1760. The average molecular weight is 662 g/mol. The van der Waals surface area contributed by atoms with Crippen LogP contribution in [0.3, 0.4) is 0 Å². The number of aliphatic imine (C=N–C) groups is 1. The molecule has 0 fully saturated rings. The highest BCUT2D eigenvalue weighted by Gasteiger charge is 2.26. The first kappa shape index (κ1) is 31.2. The topological polar surface area (TPSA) is 91.4 Å². The van der Waals surface area contributed by atoms with Crippen molar-refractivity contribution in [2.75, 3.05) is 28.4 Å². The second-order valence-electron chi connectivity index (χ2n) is 10.8. The third kappa shape index (κ3) is 6.48. The van der Waals surface area contributed by atoms with E-state index in [0.717, 1.165) is 29.9 Å². The summed E-state index contributed by atoms with van der Waals surface area (Å²) >= 11 is 3.77. The zero-order chi connectivity index (χ0) is 31.4. The molecule has 44 heavy (non-hydrogen) atoms. The van der Waals surface area contributed by atoms with Crippen molar-refractivity contribution in [1.29, 1.82) is 0 Å². The number of halogens is 1. The molecule has 0 radical (unpaired) electrons. The van der Waals surface area contributed by atoms with E-state index in [1.807, 2.05) is 12.1 Å². The first-order valence-corrected chi connectivity index (χ1v) is 15.3. The van der Waals surface area contributed by atoms with Crippen LogP contribution >= 0.6 is 15.9 Å². The van der Waals surface area contributed by atoms with E-state index in [-0.39, 0.29) is 5.70 Å². The fourth-order valence-corrected chi connectivity index (χ4v) is 6.25. The number of ether oxygens (including phenoxy) is 5. The molecule has 1 N–H and O–H groups in total. The molecule has 3 aromatic carbocycles.